The highest BCUT2D eigenvalue weighted by atomic mass is 14.9. The Hall–Kier alpha value is -0.0400. The second kappa shape index (κ2) is 4.57. The standard InChI is InChI=1S/C16H29N/c1-2-11-17-13-14-12-16(14)9-7-15(8-10-16)5-3-4-6-15/h14,17H,2-13H2,1H3. The molecule has 0 bridgehead atoms. The third kappa shape index (κ3) is 2.28. The van der Waals surface area contributed by atoms with Crippen molar-refractivity contribution < 1.29 is 0 Å². The molecule has 3 aliphatic carbocycles. The van der Waals surface area contributed by atoms with Crippen LogP contribution in [0.5, 0.6) is 0 Å². The van der Waals surface area contributed by atoms with Crippen LogP contribution in [0.4, 0.5) is 0 Å². The Morgan fingerprint density at radius 2 is 1.71 bits per heavy atom. The Kier molecular flexibility index (Phi) is 3.23. The highest BCUT2D eigenvalue weighted by Crippen LogP contribution is 2.66. The fourth-order valence-electron chi connectivity index (χ4n) is 4.69. The Labute approximate surface area is 107 Å². The molecular weight excluding hydrogens is 206 g/mol. The lowest BCUT2D eigenvalue weighted by Crippen LogP contribution is -2.28. The Bertz CT molecular complexity index is 255. The van der Waals surface area contributed by atoms with Gasteiger partial charge >= 0.3 is 0 Å². The summed E-state index contributed by atoms with van der Waals surface area (Å²) < 4.78 is 0. The first-order valence-electron chi connectivity index (χ1n) is 7.99. The predicted octanol–water partition coefficient (Wildman–Crippen LogP) is 4.13. The van der Waals surface area contributed by atoms with Crippen LogP contribution < -0.4 is 5.32 Å². The van der Waals surface area contributed by atoms with Gasteiger partial charge in [-0.25, -0.2) is 0 Å². The zero-order valence-corrected chi connectivity index (χ0v) is 11.6. The molecule has 0 radical (unpaired) electrons. The van der Waals surface area contributed by atoms with Crippen molar-refractivity contribution in [2.45, 2.75) is 71.1 Å². The molecule has 1 N–H and O–H groups in total. The number of hydrogen-bond donors (Lipinski definition) is 1. The largest absolute Gasteiger partial charge is 0.316 e. The summed E-state index contributed by atoms with van der Waals surface area (Å²) in [6.07, 6.45) is 15.2. The summed E-state index contributed by atoms with van der Waals surface area (Å²) in [7, 11) is 0. The van der Waals surface area contributed by atoms with E-state index in [0.29, 0.717) is 0 Å². The van der Waals surface area contributed by atoms with Gasteiger partial charge in [0, 0.05) is 0 Å². The molecule has 0 aromatic heterocycles. The number of hydrogen-bond acceptors (Lipinski definition) is 1. The van der Waals surface area contributed by atoms with Gasteiger partial charge in [-0.2, -0.15) is 0 Å². The first-order chi connectivity index (χ1) is 8.29. The fraction of sp³-hybridized carbons (Fsp3) is 1.00. The minimum Gasteiger partial charge on any atom is -0.316 e. The molecule has 0 heterocycles. The third-order valence-electron chi connectivity index (χ3n) is 6.15. The van der Waals surface area contributed by atoms with Gasteiger partial charge in [-0.05, 0) is 81.2 Å². The number of rotatable bonds is 4. The van der Waals surface area contributed by atoms with Crippen molar-refractivity contribution in [2.75, 3.05) is 13.1 Å². The molecule has 98 valence electrons. The van der Waals surface area contributed by atoms with Crippen molar-refractivity contribution in [3.8, 4) is 0 Å². The molecule has 3 rings (SSSR count). The van der Waals surface area contributed by atoms with Crippen LogP contribution in [0, 0.1) is 16.7 Å². The van der Waals surface area contributed by atoms with Crippen LogP contribution in [0.2, 0.25) is 0 Å². The average Bonchev–Trinajstić information content (AvgIpc) is 2.82. The van der Waals surface area contributed by atoms with Crippen molar-refractivity contribution in [1.29, 1.82) is 0 Å². The van der Waals surface area contributed by atoms with Gasteiger partial charge in [0.2, 0.25) is 0 Å². The minimum atomic E-state index is 0.814. The Morgan fingerprint density at radius 3 is 2.35 bits per heavy atom. The normalized spacial score (nSPS) is 33.4. The molecule has 1 heteroatoms. The third-order valence-corrected chi connectivity index (χ3v) is 6.15. The summed E-state index contributed by atoms with van der Waals surface area (Å²) in [6.45, 7) is 4.79. The highest BCUT2D eigenvalue weighted by Gasteiger charge is 2.56. The van der Waals surface area contributed by atoms with E-state index in [1.165, 1.54) is 32.4 Å². The molecule has 1 nitrogen and oxygen atoms in total. The lowest BCUT2D eigenvalue weighted by atomic mass is 9.67. The Balaban J connectivity index is 1.46. The summed E-state index contributed by atoms with van der Waals surface area (Å²) in [5, 5.41) is 3.63. The van der Waals surface area contributed by atoms with Crippen molar-refractivity contribution in [2.24, 2.45) is 16.7 Å². The van der Waals surface area contributed by atoms with Gasteiger partial charge in [0.15, 0.2) is 0 Å². The summed E-state index contributed by atoms with van der Waals surface area (Å²) in [5.74, 6) is 1.04. The zero-order chi connectivity index (χ0) is 11.8. The van der Waals surface area contributed by atoms with Crippen LogP contribution in [0.3, 0.4) is 0 Å². The summed E-state index contributed by atoms with van der Waals surface area (Å²) >= 11 is 0. The molecule has 0 saturated heterocycles. The summed E-state index contributed by atoms with van der Waals surface area (Å²) in [4.78, 5) is 0. The van der Waals surface area contributed by atoms with E-state index in [-0.39, 0.29) is 0 Å². The van der Waals surface area contributed by atoms with Crippen molar-refractivity contribution in [3.05, 3.63) is 0 Å². The van der Waals surface area contributed by atoms with Crippen LogP contribution >= 0.6 is 0 Å². The van der Waals surface area contributed by atoms with Gasteiger partial charge in [-0.1, -0.05) is 19.8 Å². The molecular formula is C16H29N. The van der Waals surface area contributed by atoms with E-state index in [1.807, 2.05) is 0 Å². The van der Waals surface area contributed by atoms with Crippen LogP contribution in [0.25, 0.3) is 0 Å². The highest BCUT2D eigenvalue weighted by molar-refractivity contribution is 5.07. The SMILES string of the molecule is CCCNCC1CC12CCC1(CCCC1)CC2. The molecule has 3 fully saturated rings. The maximum Gasteiger partial charge on any atom is -0.00150 e. The molecule has 3 saturated carbocycles. The van der Waals surface area contributed by atoms with Crippen LogP contribution in [0.1, 0.15) is 71.1 Å². The van der Waals surface area contributed by atoms with Crippen LogP contribution in [0.15, 0.2) is 0 Å². The summed E-state index contributed by atoms with van der Waals surface area (Å²) in [6, 6.07) is 0. The molecule has 1 atom stereocenters. The smallest absolute Gasteiger partial charge is 0.00150 e. The van der Waals surface area contributed by atoms with Gasteiger partial charge in [0.1, 0.15) is 0 Å². The fourth-order valence-corrected chi connectivity index (χ4v) is 4.69. The molecule has 2 spiro atoms. The predicted molar refractivity (Wildman–Crippen MR) is 73.1 cm³/mol. The van der Waals surface area contributed by atoms with Crippen LogP contribution in [-0.4, -0.2) is 13.1 Å². The molecule has 0 aromatic carbocycles. The Morgan fingerprint density at radius 1 is 1.00 bits per heavy atom. The second-order valence-electron chi connectivity index (χ2n) is 7.17. The molecule has 0 aromatic rings. The van der Waals surface area contributed by atoms with E-state index in [1.54, 1.807) is 44.9 Å². The summed E-state index contributed by atoms with van der Waals surface area (Å²) in [5.41, 5.74) is 1.64. The van der Waals surface area contributed by atoms with Crippen LogP contribution in [-0.2, 0) is 0 Å². The van der Waals surface area contributed by atoms with Crippen molar-refractivity contribution >= 4 is 0 Å². The maximum absolute atomic E-state index is 3.63. The van der Waals surface area contributed by atoms with Gasteiger partial charge < -0.3 is 5.32 Å². The van der Waals surface area contributed by atoms with E-state index >= 15 is 0 Å². The number of nitrogens with one attached hydrogen (secondary N) is 1. The first-order valence-corrected chi connectivity index (χ1v) is 7.99. The lowest BCUT2D eigenvalue weighted by Gasteiger charge is -2.38. The van der Waals surface area contributed by atoms with E-state index in [4.69, 9.17) is 0 Å². The molecule has 3 aliphatic rings. The van der Waals surface area contributed by atoms with Gasteiger partial charge in [-0.3, -0.25) is 0 Å². The van der Waals surface area contributed by atoms with E-state index < -0.39 is 0 Å². The van der Waals surface area contributed by atoms with E-state index in [2.05, 4.69) is 12.2 Å². The quantitative estimate of drug-likeness (QED) is 0.723. The van der Waals surface area contributed by atoms with Crippen molar-refractivity contribution in [3.63, 3.8) is 0 Å². The second-order valence-corrected chi connectivity index (χ2v) is 7.17. The van der Waals surface area contributed by atoms with Gasteiger partial charge in [0.05, 0.1) is 0 Å². The lowest BCUT2D eigenvalue weighted by molar-refractivity contribution is 0.134. The molecule has 0 amide bonds. The maximum atomic E-state index is 3.63. The molecule has 1 unspecified atom stereocenters. The monoisotopic (exact) mass is 235 g/mol. The minimum absolute atomic E-state index is 0.814. The topological polar surface area (TPSA) is 12.0 Å². The first kappa shape index (κ1) is 12.0. The zero-order valence-electron chi connectivity index (χ0n) is 11.6. The molecule has 0 aliphatic heterocycles. The van der Waals surface area contributed by atoms with E-state index in [9.17, 15) is 0 Å². The van der Waals surface area contributed by atoms with Crippen molar-refractivity contribution in [1.82, 2.24) is 5.32 Å². The van der Waals surface area contributed by atoms with Gasteiger partial charge in [-0.15, -0.1) is 0 Å². The van der Waals surface area contributed by atoms with E-state index in [0.717, 1.165) is 16.7 Å². The average molecular weight is 235 g/mol. The molecule has 17 heavy (non-hydrogen) atoms. The van der Waals surface area contributed by atoms with Gasteiger partial charge in [0.25, 0.3) is 0 Å².